The fraction of sp³-hybridized carbons (Fsp3) is 0.375. The van der Waals surface area contributed by atoms with Crippen molar-refractivity contribution >= 4 is 27.4 Å². The van der Waals surface area contributed by atoms with Gasteiger partial charge in [-0.05, 0) is 38.0 Å². The maximum atomic E-state index is 12.1. The minimum absolute atomic E-state index is 0.00631. The Morgan fingerprint density at radius 1 is 1.25 bits per heavy atom. The van der Waals surface area contributed by atoms with Gasteiger partial charge in [0.05, 0.1) is 11.9 Å². The zero-order valence-electron chi connectivity index (χ0n) is 14.2. The van der Waals surface area contributed by atoms with Crippen LogP contribution in [0.4, 0.5) is 11.5 Å². The lowest BCUT2D eigenvalue weighted by molar-refractivity contribution is -0.116. The van der Waals surface area contributed by atoms with Crippen LogP contribution in [0.1, 0.15) is 23.3 Å². The number of anilines is 2. The number of aryl methyl sites for hydroxylation is 3. The first-order chi connectivity index (χ1) is 11.2. The van der Waals surface area contributed by atoms with Crippen LogP contribution in [0, 0.1) is 20.8 Å². The summed E-state index contributed by atoms with van der Waals surface area (Å²) in [5.41, 5.74) is 2.37. The number of nitrogens with zero attached hydrogens (tertiary/aromatic N) is 2. The topological polar surface area (TPSA) is 92.5 Å². The number of nitrogens with one attached hydrogen (secondary N) is 1. The van der Waals surface area contributed by atoms with Crippen molar-refractivity contribution in [2.75, 3.05) is 22.4 Å². The molecule has 0 bridgehead atoms. The summed E-state index contributed by atoms with van der Waals surface area (Å²) in [6.07, 6.45) is 1.14. The molecule has 0 saturated heterocycles. The van der Waals surface area contributed by atoms with E-state index in [1.54, 1.807) is 19.1 Å². The summed E-state index contributed by atoms with van der Waals surface area (Å²) in [6, 6.07) is 7.17. The Bertz CT molecular complexity index is 843. The van der Waals surface area contributed by atoms with Gasteiger partial charge in [0, 0.05) is 19.0 Å². The summed E-state index contributed by atoms with van der Waals surface area (Å²) in [7, 11) is -3.50. The fourth-order valence-electron chi connectivity index (χ4n) is 2.29. The molecule has 0 spiro atoms. The van der Waals surface area contributed by atoms with Gasteiger partial charge in [0.1, 0.15) is 5.76 Å². The van der Waals surface area contributed by atoms with E-state index in [2.05, 4.69) is 10.5 Å². The monoisotopic (exact) mass is 351 g/mol. The second-order valence-electron chi connectivity index (χ2n) is 5.75. The molecule has 1 heterocycles. The third-order valence-corrected chi connectivity index (χ3v) is 4.65. The summed E-state index contributed by atoms with van der Waals surface area (Å²) >= 11 is 0. The molecule has 1 N–H and O–H groups in total. The van der Waals surface area contributed by atoms with E-state index in [0.29, 0.717) is 17.3 Å². The van der Waals surface area contributed by atoms with Gasteiger partial charge >= 0.3 is 0 Å². The quantitative estimate of drug-likeness (QED) is 0.862. The second kappa shape index (κ2) is 7.04. The number of benzene rings is 1. The van der Waals surface area contributed by atoms with Gasteiger partial charge in [-0.15, -0.1) is 0 Å². The average molecular weight is 351 g/mol. The van der Waals surface area contributed by atoms with Crippen LogP contribution in [-0.2, 0) is 14.8 Å². The summed E-state index contributed by atoms with van der Waals surface area (Å²) in [6.45, 7) is 5.49. The lowest BCUT2D eigenvalue weighted by Crippen LogP contribution is -2.33. The molecule has 130 valence electrons. The molecule has 1 aromatic heterocycles. The molecule has 2 rings (SSSR count). The first-order valence-electron chi connectivity index (χ1n) is 7.45. The van der Waals surface area contributed by atoms with Crippen LogP contribution in [0.5, 0.6) is 0 Å². The second-order valence-corrected chi connectivity index (χ2v) is 7.65. The Labute approximate surface area is 141 Å². The molecule has 0 unspecified atom stereocenters. The average Bonchev–Trinajstić information content (AvgIpc) is 2.86. The minimum Gasteiger partial charge on any atom is -0.360 e. The largest absolute Gasteiger partial charge is 0.360 e. The van der Waals surface area contributed by atoms with E-state index in [4.69, 9.17) is 4.52 Å². The predicted octanol–water partition coefficient (Wildman–Crippen LogP) is 2.39. The van der Waals surface area contributed by atoms with E-state index in [0.717, 1.165) is 17.4 Å². The van der Waals surface area contributed by atoms with Crippen LogP contribution in [0.25, 0.3) is 0 Å². The van der Waals surface area contributed by atoms with Crippen molar-refractivity contribution < 1.29 is 17.7 Å². The van der Waals surface area contributed by atoms with Crippen molar-refractivity contribution in [3.8, 4) is 0 Å². The van der Waals surface area contributed by atoms with E-state index in [9.17, 15) is 13.2 Å². The Kier molecular flexibility index (Phi) is 5.28. The standard InChI is InChI=1S/C16H21N3O4S/c1-11-5-6-12(2)14(9-11)19(24(4,21)22)8-7-16(20)17-15-10-13(3)23-18-15/h5-6,9-10H,7-8H2,1-4H3,(H,17,18,20). The van der Waals surface area contributed by atoms with Gasteiger partial charge < -0.3 is 9.84 Å². The summed E-state index contributed by atoms with van der Waals surface area (Å²) in [4.78, 5) is 12.0. The molecule has 2 aromatic rings. The highest BCUT2D eigenvalue weighted by Gasteiger charge is 2.20. The fourth-order valence-corrected chi connectivity index (χ4v) is 3.26. The van der Waals surface area contributed by atoms with Crippen molar-refractivity contribution in [3.05, 3.63) is 41.2 Å². The van der Waals surface area contributed by atoms with Gasteiger partial charge in [-0.2, -0.15) is 0 Å². The molecule has 0 radical (unpaired) electrons. The molecule has 24 heavy (non-hydrogen) atoms. The molecule has 1 amide bonds. The number of aromatic nitrogens is 1. The molecule has 0 aliphatic carbocycles. The zero-order chi connectivity index (χ0) is 17.9. The smallest absolute Gasteiger partial charge is 0.232 e. The summed E-state index contributed by atoms with van der Waals surface area (Å²) < 4.78 is 30.4. The molecule has 8 heteroatoms. The molecular weight excluding hydrogens is 330 g/mol. The lowest BCUT2D eigenvalue weighted by Gasteiger charge is -2.24. The normalized spacial score (nSPS) is 11.3. The number of amides is 1. The van der Waals surface area contributed by atoms with Crippen molar-refractivity contribution in [2.45, 2.75) is 27.2 Å². The van der Waals surface area contributed by atoms with E-state index >= 15 is 0 Å². The van der Waals surface area contributed by atoms with Gasteiger partial charge in [0.15, 0.2) is 5.82 Å². The number of carbonyl (C=O) groups is 1. The molecule has 1 aromatic carbocycles. The highest BCUT2D eigenvalue weighted by Crippen LogP contribution is 2.24. The molecule has 0 aliphatic heterocycles. The Morgan fingerprint density at radius 3 is 2.54 bits per heavy atom. The first kappa shape index (κ1) is 18.0. The molecular formula is C16H21N3O4S. The van der Waals surface area contributed by atoms with Gasteiger partial charge in [-0.1, -0.05) is 17.3 Å². The first-order valence-corrected chi connectivity index (χ1v) is 9.30. The Balaban J connectivity index is 2.13. The Hall–Kier alpha value is -2.35. The zero-order valence-corrected chi connectivity index (χ0v) is 15.0. The van der Waals surface area contributed by atoms with Crippen LogP contribution in [0.2, 0.25) is 0 Å². The van der Waals surface area contributed by atoms with E-state index in [1.165, 1.54) is 4.31 Å². The molecule has 0 aliphatic rings. The number of hydrogen-bond acceptors (Lipinski definition) is 5. The third-order valence-electron chi connectivity index (χ3n) is 3.47. The highest BCUT2D eigenvalue weighted by atomic mass is 32.2. The van der Waals surface area contributed by atoms with Crippen LogP contribution in [0.15, 0.2) is 28.8 Å². The Morgan fingerprint density at radius 2 is 1.96 bits per heavy atom. The third kappa shape index (κ3) is 4.58. The molecule has 0 atom stereocenters. The van der Waals surface area contributed by atoms with Gasteiger partial charge in [0.2, 0.25) is 15.9 Å². The van der Waals surface area contributed by atoms with Gasteiger partial charge in [-0.25, -0.2) is 8.42 Å². The van der Waals surface area contributed by atoms with Crippen molar-refractivity contribution in [3.63, 3.8) is 0 Å². The molecule has 0 saturated carbocycles. The lowest BCUT2D eigenvalue weighted by atomic mass is 10.1. The summed E-state index contributed by atoms with van der Waals surface area (Å²) in [5.74, 6) is 0.566. The van der Waals surface area contributed by atoms with Gasteiger partial charge in [-0.3, -0.25) is 9.10 Å². The number of carbonyl (C=O) groups excluding carboxylic acids is 1. The van der Waals surface area contributed by atoms with Gasteiger partial charge in [0.25, 0.3) is 0 Å². The number of rotatable bonds is 6. The summed E-state index contributed by atoms with van der Waals surface area (Å²) in [5, 5.41) is 6.26. The van der Waals surface area contributed by atoms with Crippen molar-refractivity contribution in [1.82, 2.24) is 5.16 Å². The predicted molar refractivity (Wildman–Crippen MR) is 92.6 cm³/mol. The SMILES string of the molecule is Cc1ccc(C)c(N(CCC(=O)Nc2cc(C)on2)S(C)(=O)=O)c1. The number of hydrogen-bond donors (Lipinski definition) is 1. The maximum absolute atomic E-state index is 12.1. The van der Waals surface area contributed by atoms with Crippen LogP contribution in [0.3, 0.4) is 0 Å². The van der Waals surface area contributed by atoms with Crippen LogP contribution in [-0.4, -0.2) is 32.3 Å². The minimum atomic E-state index is -3.50. The van der Waals surface area contributed by atoms with Crippen molar-refractivity contribution in [2.24, 2.45) is 0 Å². The highest BCUT2D eigenvalue weighted by molar-refractivity contribution is 7.92. The maximum Gasteiger partial charge on any atom is 0.232 e. The van der Waals surface area contributed by atoms with E-state index in [1.807, 2.05) is 26.0 Å². The number of sulfonamides is 1. The van der Waals surface area contributed by atoms with E-state index in [-0.39, 0.29) is 18.9 Å². The van der Waals surface area contributed by atoms with Crippen LogP contribution >= 0.6 is 0 Å². The van der Waals surface area contributed by atoms with Crippen molar-refractivity contribution in [1.29, 1.82) is 0 Å². The molecule has 7 nitrogen and oxygen atoms in total. The molecule has 0 fully saturated rings. The van der Waals surface area contributed by atoms with E-state index < -0.39 is 10.0 Å². The van der Waals surface area contributed by atoms with Crippen LogP contribution < -0.4 is 9.62 Å².